The highest BCUT2D eigenvalue weighted by Gasteiger charge is 2.28. The molecule has 0 radical (unpaired) electrons. The van der Waals surface area contributed by atoms with Gasteiger partial charge in [-0.05, 0) is 18.2 Å². The molecule has 1 amide bonds. The van der Waals surface area contributed by atoms with Crippen LogP contribution in [-0.2, 0) is 14.6 Å². The number of carbonyl (C=O) groups is 1. The second kappa shape index (κ2) is 7.29. The Labute approximate surface area is 153 Å². The highest BCUT2D eigenvalue weighted by Crippen LogP contribution is 2.30. The number of hydrogen-bond acceptors (Lipinski definition) is 5. The molecule has 6 nitrogen and oxygen atoms in total. The molecule has 26 heavy (non-hydrogen) atoms. The molecule has 0 atom stereocenters. The number of benzodiazepines with no additional fused rings is 1. The predicted octanol–water partition coefficient (Wildman–Crippen LogP) is 2.27. The van der Waals surface area contributed by atoms with E-state index >= 15 is 0 Å². The van der Waals surface area contributed by atoms with Gasteiger partial charge in [0.2, 0.25) is 5.91 Å². The quantitative estimate of drug-likeness (QED) is 0.807. The number of aliphatic imine (C=N–C) groups is 1. The normalized spacial score (nSPS) is 14.5. The number of rotatable bonds is 5. The topological polar surface area (TPSA) is 76.0 Å². The van der Waals surface area contributed by atoms with E-state index in [0.717, 1.165) is 5.56 Å². The van der Waals surface area contributed by atoms with Crippen LogP contribution in [0.3, 0.4) is 0 Å². The van der Waals surface area contributed by atoms with Crippen molar-refractivity contribution in [3.05, 3.63) is 59.7 Å². The fourth-order valence-corrected chi connectivity index (χ4v) is 3.65. The number of anilines is 1. The van der Waals surface area contributed by atoms with E-state index in [4.69, 9.17) is 4.74 Å². The maximum atomic E-state index is 12.6. The minimum Gasteiger partial charge on any atom is -0.497 e. The molecule has 7 heteroatoms. The Kier molecular flexibility index (Phi) is 5.08. The lowest BCUT2D eigenvalue weighted by molar-refractivity contribution is -0.117. The summed E-state index contributed by atoms with van der Waals surface area (Å²) in [5, 5.41) is 0. The van der Waals surface area contributed by atoms with Crippen LogP contribution in [0.5, 0.6) is 5.75 Å². The van der Waals surface area contributed by atoms with Crippen molar-refractivity contribution in [3.63, 3.8) is 0 Å². The number of sulfone groups is 1. The molecule has 0 fully saturated rings. The zero-order chi connectivity index (χ0) is 18.7. The van der Waals surface area contributed by atoms with Crippen molar-refractivity contribution in [1.29, 1.82) is 0 Å². The van der Waals surface area contributed by atoms with Gasteiger partial charge in [-0.15, -0.1) is 0 Å². The minimum absolute atomic E-state index is 0.0331. The van der Waals surface area contributed by atoms with Gasteiger partial charge in [0.1, 0.15) is 18.2 Å². The van der Waals surface area contributed by atoms with E-state index in [1.54, 1.807) is 32.2 Å². The maximum absolute atomic E-state index is 12.6. The summed E-state index contributed by atoms with van der Waals surface area (Å²) in [7, 11) is -1.83. The molecule has 0 saturated heterocycles. The van der Waals surface area contributed by atoms with Crippen LogP contribution in [0, 0.1) is 0 Å². The number of carbonyl (C=O) groups excluding carboxylic acids is 1. The summed E-state index contributed by atoms with van der Waals surface area (Å²) >= 11 is 0. The molecule has 1 heterocycles. The van der Waals surface area contributed by atoms with Crippen molar-refractivity contribution in [1.82, 2.24) is 0 Å². The Morgan fingerprint density at radius 2 is 1.88 bits per heavy atom. The SMILES string of the molecule is CCS(=O)(=O)CN1C(=O)CN=C(c2ccccc2)c2cc(OC)ccc21. The van der Waals surface area contributed by atoms with Crippen LogP contribution in [0.4, 0.5) is 5.69 Å². The van der Waals surface area contributed by atoms with Gasteiger partial charge in [0.25, 0.3) is 0 Å². The molecule has 0 aliphatic carbocycles. The van der Waals surface area contributed by atoms with Gasteiger partial charge >= 0.3 is 0 Å². The first kappa shape index (κ1) is 18.1. The van der Waals surface area contributed by atoms with Gasteiger partial charge in [0.15, 0.2) is 9.84 Å². The van der Waals surface area contributed by atoms with Gasteiger partial charge < -0.3 is 4.74 Å². The van der Waals surface area contributed by atoms with E-state index < -0.39 is 9.84 Å². The Hall–Kier alpha value is -2.67. The summed E-state index contributed by atoms with van der Waals surface area (Å²) < 4.78 is 29.6. The first-order valence-corrected chi connectivity index (χ1v) is 10.1. The van der Waals surface area contributed by atoms with Crippen LogP contribution in [-0.4, -0.2) is 45.3 Å². The maximum Gasteiger partial charge on any atom is 0.249 e. The average molecular weight is 372 g/mol. The smallest absolute Gasteiger partial charge is 0.249 e. The molecular formula is C19H20N2O4S. The Morgan fingerprint density at radius 1 is 1.15 bits per heavy atom. The highest BCUT2D eigenvalue weighted by atomic mass is 32.2. The Balaban J connectivity index is 2.18. The van der Waals surface area contributed by atoms with E-state index in [1.807, 2.05) is 30.3 Å². The lowest BCUT2D eigenvalue weighted by atomic mass is 10.00. The lowest BCUT2D eigenvalue weighted by Crippen LogP contribution is -2.37. The summed E-state index contributed by atoms with van der Waals surface area (Å²) in [5.41, 5.74) is 2.69. The van der Waals surface area contributed by atoms with Crippen LogP contribution in [0.25, 0.3) is 0 Å². The minimum atomic E-state index is -3.39. The number of ether oxygens (including phenoxy) is 1. The van der Waals surface area contributed by atoms with Gasteiger partial charge in [0, 0.05) is 16.9 Å². The molecule has 1 aliphatic heterocycles. The van der Waals surface area contributed by atoms with Crippen molar-refractivity contribution in [2.24, 2.45) is 4.99 Å². The Morgan fingerprint density at radius 3 is 2.54 bits per heavy atom. The van der Waals surface area contributed by atoms with Gasteiger partial charge in [-0.2, -0.15) is 0 Å². The van der Waals surface area contributed by atoms with Gasteiger partial charge in [0.05, 0.1) is 18.5 Å². The van der Waals surface area contributed by atoms with Crippen LogP contribution in [0.1, 0.15) is 18.1 Å². The summed E-state index contributed by atoms with van der Waals surface area (Å²) in [6, 6.07) is 14.7. The predicted molar refractivity (Wildman–Crippen MR) is 102 cm³/mol. The second-order valence-electron chi connectivity index (χ2n) is 5.90. The van der Waals surface area contributed by atoms with Crippen molar-refractivity contribution in [2.75, 3.05) is 30.2 Å². The number of methoxy groups -OCH3 is 1. The molecule has 3 rings (SSSR count). The van der Waals surface area contributed by atoms with Gasteiger partial charge in [-0.1, -0.05) is 37.3 Å². The fraction of sp³-hybridized carbons (Fsp3) is 0.263. The molecule has 0 saturated carbocycles. The third-order valence-corrected chi connectivity index (χ3v) is 5.77. The van der Waals surface area contributed by atoms with Gasteiger partial charge in [-0.25, -0.2) is 8.42 Å². The van der Waals surface area contributed by atoms with Crippen LogP contribution in [0.2, 0.25) is 0 Å². The van der Waals surface area contributed by atoms with Crippen molar-refractivity contribution < 1.29 is 17.9 Å². The van der Waals surface area contributed by atoms with E-state index in [0.29, 0.717) is 22.7 Å². The molecule has 0 spiro atoms. The first-order chi connectivity index (χ1) is 12.4. The molecule has 136 valence electrons. The first-order valence-electron chi connectivity index (χ1n) is 8.24. The number of fused-ring (bicyclic) bond motifs is 1. The number of hydrogen-bond donors (Lipinski definition) is 0. The molecule has 2 aromatic rings. The molecule has 0 aromatic heterocycles. The lowest BCUT2D eigenvalue weighted by Gasteiger charge is -2.23. The summed E-state index contributed by atoms with van der Waals surface area (Å²) in [5.74, 6) is -0.132. The monoisotopic (exact) mass is 372 g/mol. The number of nitrogens with zero attached hydrogens (tertiary/aromatic N) is 2. The third kappa shape index (κ3) is 3.62. The van der Waals surface area contributed by atoms with Crippen LogP contribution in [0.15, 0.2) is 53.5 Å². The highest BCUT2D eigenvalue weighted by molar-refractivity contribution is 7.91. The standard InChI is InChI=1S/C19H20N2O4S/c1-3-26(23,24)13-21-17-10-9-15(25-2)11-16(17)19(20-12-18(21)22)14-7-5-4-6-8-14/h4-11H,3,12-13H2,1-2H3. The third-order valence-electron chi connectivity index (χ3n) is 4.24. The zero-order valence-electron chi connectivity index (χ0n) is 14.7. The van der Waals surface area contributed by atoms with E-state index in [9.17, 15) is 13.2 Å². The fourth-order valence-electron chi connectivity index (χ4n) is 2.79. The van der Waals surface area contributed by atoms with E-state index in [1.165, 1.54) is 4.90 Å². The van der Waals surface area contributed by atoms with Crippen LogP contribution < -0.4 is 9.64 Å². The number of amides is 1. The summed E-state index contributed by atoms with van der Waals surface area (Å²) in [6.07, 6.45) is 0. The van der Waals surface area contributed by atoms with E-state index in [-0.39, 0.29) is 24.1 Å². The Bertz CT molecular complexity index is 953. The average Bonchev–Trinajstić information content (AvgIpc) is 2.79. The molecular weight excluding hydrogens is 352 g/mol. The van der Waals surface area contributed by atoms with Crippen molar-refractivity contribution in [2.45, 2.75) is 6.92 Å². The molecule has 0 unspecified atom stereocenters. The van der Waals surface area contributed by atoms with Crippen molar-refractivity contribution >= 4 is 27.1 Å². The molecule has 1 aliphatic rings. The number of benzene rings is 2. The largest absolute Gasteiger partial charge is 0.497 e. The molecule has 2 aromatic carbocycles. The molecule has 0 bridgehead atoms. The van der Waals surface area contributed by atoms with Gasteiger partial charge in [-0.3, -0.25) is 14.7 Å². The van der Waals surface area contributed by atoms with Crippen LogP contribution >= 0.6 is 0 Å². The second-order valence-corrected chi connectivity index (χ2v) is 8.22. The summed E-state index contributed by atoms with van der Waals surface area (Å²) in [4.78, 5) is 18.4. The summed E-state index contributed by atoms with van der Waals surface area (Å²) in [6.45, 7) is 1.46. The zero-order valence-corrected chi connectivity index (χ0v) is 15.5. The molecule has 0 N–H and O–H groups in total. The van der Waals surface area contributed by atoms with E-state index in [2.05, 4.69) is 4.99 Å². The van der Waals surface area contributed by atoms with Crippen molar-refractivity contribution in [3.8, 4) is 5.75 Å².